The zero-order valence-electron chi connectivity index (χ0n) is 13.5. The number of amides is 1. The molecule has 0 aliphatic carbocycles. The summed E-state index contributed by atoms with van der Waals surface area (Å²) < 4.78 is 38.2. The lowest BCUT2D eigenvalue weighted by Crippen LogP contribution is -2.31. The molecule has 25 heavy (non-hydrogen) atoms. The van der Waals surface area contributed by atoms with Gasteiger partial charge in [-0.2, -0.15) is 0 Å². The summed E-state index contributed by atoms with van der Waals surface area (Å²) in [5, 5.41) is 0. The van der Waals surface area contributed by atoms with Gasteiger partial charge in [0.1, 0.15) is 24.8 Å². The van der Waals surface area contributed by atoms with Gasteiger partial charge in [0.15, 0.2) is 11.5 Å². The number of rotatable bonds is 2. The monoisotopic (exact) mass is 345 g/mol. The zero-order chi connectivity index (χ0) is 17.4. The average Bonchev–Trinajstić information content (AvgIpc) is 3.10. The third kappa shape index (κ3) is 2.92. The average molecular weight is 345 g/mol. The Morgan fingerprint density at radius 2 is 1.84 bits per heavy atom. The smallest absolute Gasteiger partial charge is 0.257 e. The number of likely N-dealkylation sites (tertiary alicyclic amines) is 1. The molecule has 0 aromatic heterocycles. The predicted molar refractivity (Wildman–Crippen MR) is 86.8 cm³/mol. The van der Waals surface area contributed by atoms with Gasteiger partial charge in [-0.3, -0.25) is 4.79 Å². The molecule has 6 heteroatoms. The van der Waals surface area contributed by atoms with E-state index in [0.29, 0.717) is 31.3 Å². The van der Waals surface area contributed by atoms with Crippen molar-refractivity contribution in [2.45, 2.75) is 18.9 Å². The Labute approximate surface area is 144 Å². The molecule has 0 radical (unpaired) electrons. The molecule has 2 aliphatic rings. The summed E-state index contributed by atoms with van der Waals surface area (Å²) in [6.07, 6.45) is 1.61. The molecule has 130 valence electrons. The van der Waals surface area contributed by atoms with E-state index < -0.39 is 17.5 Å². The van der Waals surface area contributed by atoms with Gasteiger partial charge < -0.3 is 14.4 Å². The van der Waals surface area contributed by atoms with E-state index in [9.17, 15) is 13.6 Å². The van der Waals surface area contributed by atoms with Crippen molar-refractivity contribution in [3.05, 3.63) is 59.2 Å². The molecular weight excluding hydrogens is 328 g/mol. The molecule has 2 aromatic rings. The van der Waals surface area contributed by atoms with Gasteiger partial charge in [0.2, 0.25) is 0 Å². The van der Waals surface area contributed by atoms with Gasteiger partial charge >= 0.3 is 0 Å². The van der Waals surface area contributed by atoms with Crippen molar-refractivity contribution in [3.8, 4) is 11.5 Å². The van der Waals surface area contributed by atoms with Crippen LogP contribution in [0.25, 0.3) is 0 Å². The lowest BCUT2D eigenvalue weighted by molar-refractivity contribution is 0.0730. The Morgan fingerprint density at radius 1 is 1.04 bits per heavy atom. The van der Waals surface area contributed by atoms with E-state index in [1.165, 1.54) is 6.07 Å². The van der Waals surface area contributed by atoms with Gasteiger partial charge in [0, 0.05) is 12.6 Å². The summed E-state index contributed by atoms with van der Waals surface area (Å²) in [5.74, 6) is -0.599. The second-order valence-electron chi connectivity index (χ2n) is 6.18. The summed E-state index contributed by atoms with van der Waals surface area (Å²) in [6.45, 7) is 1.55. The number of halogens is 2. The fraction of sp³-hybridized carbons (Fsp3) is 0.316. The number of hydrogen-bond acceptors (Lipinski definition) is 3. The number of fused-ring (bicyclic) bond motifs is 1. The van der Waals surface area contributed by atoms with Gasteiger partial charge in [-0.05, 0) is 42.7 Å². The van der Waals surface area contributed by atoms with Crippen LogP contribution in [0.1, 0.15) is 34.8 Å². The quantitative estimate of drug-likeness (QED) is 0.833. The van der Waals surface area contributed by atoms with Gasteiger partial charge in [-0.25, -0.2) is 8.78 Å². The van der Waals surface area contributed by atoms with Crippen molar-refractivity contribution >= 4 is 5.91 Å². The highest BCUT2D eigenvalue weighted by molar-refractivity contribution is 5.95. The summed E-state index contributed by atoms with van der Waals surface area (Å²) >= 11 is 0. The number of carbonyl (C=O) groups excluding carboxylic acids is 1. The molecule has 4 rings (SSSR count). The van der Waals surface area contributed by atoms with Crippen LogP contribution in [0.3, 0.4) is 0 Å². The van der Waals surface area contributed by atoms with Crippen LogP contribution in [-0.4, -0.2) is 30.6 Å². The van der Waals surface area contributed by atoms with Crippen LogP contribution in [0.5, 0.6) is 11.5 Å². The molecule has 1 atom stereocenters. The van der Waals surface area contributed by atoms with E-state index in [-0.39, 0.29) is 11.6 Å². The lowest BCUT2D eigenvalue weighted by atomic mass is 10.0. The maximum Gasteiger partial charge on any atom is 0.257 e. The molecule has 1 unspecified atom stereocenters. The minimum atomic E-state index is -0.835. The van der Waals surface area contributed by atoms with Crippen LogP contribution in [0.15, 0.2) is 36.4 Å². The van der Waals surface area contributed by atoms with E-state index in [2.05, 4.69) is 0 Å². The number of benzene rings is 2. The Balaban J connectivity index is 1.63. The zero-order valence-corrected chi connectivity index (χ0v) is 13.5. The van der Waals surface area contributed by atoms with Gasteiger partial charge in [0.25, 0.3) is 5.91 Å². The SMILES string of the molecule is O=C(c1ccc(F)cc1F)N1CCCC1c1ccc2c(c1)OCCO2. The molecule has 0 saturated carbocycles. The Hall–Kier alpha value is -2.63. The minimum Gasteiger partial charge on any atom is -0.486 e. The van der Waals surface area contributed by atoms with Crippen LogP contribution < -0.4 is 9.47 Å². The fourth-order valence-electron chi connectivity index (χ4n) is 3.44. The molecule has 0 N–H and O–H groups in total. The van der Waals surface area contributed by atoms with Crippen LogP contribution in [0.2, 0.25) is 0 Å². The fourth-order valence-corrected chi connectivity index (χ4v) is 3.44. The minimum absolute atomic E-state index is 0.106. The first-order valence-corrected chi connectivity index (χ1v) is 8.29. The Bertz CT molecular complexity index is 824. The maximum atomic E-state index is 14.0. The molecule has 1 fully saturated rings. The Morgan fingerprint density at radius 3 is 2.64 bits per heavy atom. The second-order valence-corrected chi connectivity index (χ2v) is 6.18. The molecule has 1 amide bonds. The largest absolute Gasteiger partial charge is 0.486 e. The van der Waals surface area contributed by atoms with Crippen molar-refractivity contribution < 1.29 is 23.0 Å². The topological polar surface area (TPSA) is 38.8 Å². The van der Waals surface area contributed by atoms with E-state index >= 15 is 0 Å². The summed E-state index contributed by atoms with van der Waals surface area (Å²) in [4.78, 5) is 14.4. The lowest BCUT2D eigenvalue weighted by Gasteiger charge is -2.27. The normalized spacial score (nSPS) is 19.1. The summed E-state index contributed by atoms with van der Waals surface area (Å²) in [5.41, 5.74) is 0.823. The van der Waals surface area contributed by atoms with E-state index in [4.69, 9.17) is 9.47 Å². The van der Waals surface area contributed by atoms with Crippen LogP contribution >= 0.6 is 0 Å². The van der Waals surface area contributed by atoms with Crippen molar-refractivity contribution in [1.82, 2.24) is 4.90 Å². The summed E-state index contributed by atoms with van der Waals surface area (Å²) in [6, 6.07) is 8.51. The first-order chi connectivity index (χ1) is 12.1. The van der Waals surface area contributed by atoms with Crippen molar-refractivity contribution in [1.29, 1.82) is 0 Å². The van der Waals surface area contributed by atoms with Crippen molar-refractivity contribution in [2.75, 3.05) is 19.8 Å². The van der Waals surface area contributed by atoms with Crippen molar-refractivity contribution in [2.24, 2.45) is 0 Å². The first kappa shape index (κ1) is 15.9. The van der Waals surface area contributed by atoms with Gasteiger partial charge in [-0.1, -0.05) is 6.07 Å². The summed E-state index contributed by atoms with van der Waals surface area (Å²) in [7, 11) is 0. The molecule has 4 nitrogen and oxygen atoms in total. The number of carbonyl (C=O) groups is 1. The molecule has 2 heterocycles. The number of hydrogen-bond donors (Lipinski definition) is 0. The highest BCUT2D eigenvalue weighted by Crippen LogP contribution is 2.38. The van der Waals surface area contributed by atoms with Crippen molar-refractivity contribution in [3.63, 3.8) is 0 Å². The highest BCUT2D eigenvalue weighted by atomic mass is 19.1. The van der Waals surface area contributed by atoms with Crippen LogP contribution in [-0.2, 0) is 0 Å². The number of ether oxygens (including phenoxy) is 2. The first-order valence-electron chi connectivity index (χ1n) is 8.29. The van der Waals surface area contributed by atoms with Gasteiger partial charge in [-0.15, -0.1) is 0 Å². The molecule has 0 spiro atoms. The van der Waals surface area contributed by atoms with E-state index in [1.807, 2.05) is 18.2 Å². The Kier molecular flexibility index (Phi) is 4.03. The van der Waals surface area contributed by atoms with Gasteiger partial charge in [0.05, 0.1) is 11.6 Å². The van der Waals surface area contributed by atoms with E-state index in [0.717, 1.165) is 30.5 Å². The van der Waals surface area contributed by atoms with E-state index in [1.54, 1.807) is 4.90 Å². The molecule has 2 aromatic carbocycles. The van der Waals surface area contributed by atoms with Crippen LogP contribution in [0.4, 0.5) is 8.78 Å². The molecule has 1 saturated heterocycles. The molecular formula is C19H17F2NO3. The number of nitrogens with zero attached hydrogens (tertiary/aromatic N) is 1. The third-order valence-electron chi connectivity index (χ3n) is 4.63. The maximum absolute atomic E-state index is 14.0. The predicted octanol–water partition coefficient (Wildman–Crippen LogP) is 3.71. The standard InChI is InChI=1S/C19H17F2NO3/c20-13-4-5-14(15(21)11-13)19(23)22-7-1-2-16(22)12-3-6-17-18(10-12)25-9-8-24-17/h3-6,10-11,16H,1-2,7-9H2. The second kappa shape index (κ2) is 6.35. The third-order valence-corrected chi connectivity index (χ3v) is 4.63. The molecule has 0 bridgehead atoms. The highest BCUT2D eigenvalue weighted by Gasteiger charge is 2.32. The molecule has 2 aliphatic heterocycles. The van der Waals surface area contributed by atoms with Crippen LogP contribution in [0, 0.1) is 11.6 Å².